The maximum Gasteiger partial charge on any atom is 0.323 e. The number of carbonyl (C=O) groups excluding carboxylic acids is 2. The zero-order valence-electron chi connectivity index (χ0n) is 7.38. The molecule has 2 amide bonds. The van der Waals surface area contributed by atoms with Gasteiger partial charge in [-0.1, -0.05) is 29.3 Å². The number of hydrogen-bond donors (Lipinski definition) is 3. The summed E-state index contributed by atoms with van der Waals surface area (Å²) in [5.74, 6) is 2.86. The standard InChI is InChI=1S/C8H7Cl2N3O2/c9-4-2-1-3-5(10)6(4)12-7(14)8(15)13-11/h1-3H,11H2,(H,12,14)(H,13,15). The summed E-state index contributed by atoms with van der Waals surface area (Å²) in [4.78, 5) is 21.9. The Kier molecular flexibility index (Phi) is 3.90. The van der Waals surface area contributed by atoms with Gasteiger partial charge in [-0.2, -0.15) is 0 Å². The topological polar surface area (TPSA) is 84.2 Å². The molecule has 0 aliphatic heterocycles. The fraction of sp³-hybridized carbons (Fsp3) is 0. The molecule has 0 fully saturated rings. The molecule has 0 radical (unpaired) electrons. The van der Waals surface area contributed by atoms with Crippen LogP contribution >= 0.6 is 23.2 Å². The summed E-state index contributed by atoms with van der Waals surface area (Å²) in [6.45, 7) is 0. The molecular formula is C8H7Cl2N3O2. The second-order valence-electron chi connectivity index (χ2n) is 2.52. The Balaban J connectivity index is 2.90. The van der Waals surface area contributed by atoms with Gasteiger partial charge in [0, 0.05) is 0 Å². The average Bonchev–Trinajstić information content (AvgIpc) is 2.22. The van der Waals surface area contributed by atoms with Gasteiger partial charge in [0.25, 0.3) is 0 Å². The van der Waals surface area contributed by atoms with E-state index in [9.17, 15) is 9.59 Å². The van der Waals surface area contributed by atoms with Gasteiger partial charge in [-0.15, -0.1) is 0 Å². The van der Waals surface area contributed by atoms with Gasteiger partial charge in [0.2, 0.25) is 0 Å². The fourth-order valence-electron chi connectivity index (χ4n) is 0.853. The highest BCUT2D eigenvalue weighted by Gasteiger charge is 2.15. The van der Waals surface area contributed by atoms with Crippen molar-refractivity contribution in [1.29, 1.82) is 0 Å². The lowest BCUT2D eigenvalue weighted by atomic mass is 10.3. The highest BCUT2D eigenvalue weighted by atomic mass is 35.5. The van der Waals surface area contributed by atoms with Crippen LogP contribution in [0.25, 0.3) is 0 Å². The minimum atomic E-state index is -0.981. The molecule has 0 spiro atoms. The van der Waals surface area contributed by atoms with E-state index in [1.165, 1.54) is 12.1 Å². The largest absolute Gasteiger partial charge is 0.323 e. The molecule has 4 N–H and O–H groups in total. The number of rotatable bonds is 1. The van der Waals surface area contributed by atoms with Crippen molar-refractivity contribution in [2.24, 2.45) is 5.84 Å². The molecule has 0 saturated carbocycles. The Morgan fingerprint density at radius 2 is 1.67 bits per heavy atom. The Bertz CT molecular complexity index is 389. The molecule has 0 aliphatic carbocycles. The second kappa shape index (κ2) is 4.97. The van der Waals surface area contributed by atoms with Crippen LogP contribution in [0.5, 0.6) is 0 Å². The summed E-state index contributed by atoms with van der Waals surface area (Å²) in [6.07, 6.45) is 0. The number of nitrogens with one attached hydrogen (secondary N) is 2. The minimum Gasteiger partial charge on any atom is -0.315 e. The molecule has 1 rings (SSSR count). The number of nitrogens with two attached hydrogens (primary N) is 1. The molecule has 1 aromatic carbocycles. The van der Waals surface area contributed by atoms with Crippen molar-refractivity contribution >= 4 is 40.7 Å². The molecule has 80 valence electrons. The van der Waals surface area contributed by atoms with Crippen LogP contribution in [0.4, 0.5) is 5.69 Å². The average molecular weight is 248 g/mol. The van der Waals surface area contributed by atoms with Crippen LogP contribution in [0.15, 0.2) is 18.2 Å². The molecule has 0 bridgehead atoms. The third-order valence-electron chi connectivity index (χ3n) is 1.54. The summed E-state index contributed by atoms with van der Waals surface area (Å²) in [5, 5.41) is 2.71. The van der Waals surface area contributed by atoms with E-state index < -0.39 is 11.8 Å². The Hall–Kier alpha value is -1.30. The Morgan fingerprint density at radius 1 is 1.13 bits per heavy atom. The van der Waals surface area contributed by atoms with Crippen molar-refractivity contribution in [3.05, 3.63) is 28.2 Å². The van der Waals surface area contributed by atoms with Crippen LogP contribution < -0.4 is 16.6 Å². The third-order valence-corrected chi connectivity index (χ3v) is 2.17. The van der Waals surface area contributed by atoms with E-state index in [2.05, 4.69) is 5.32 Å². The van der Waals surface area contributed by atoms with E-state index in [-0.39, 0.29) is 15.7 Å². The molecule has 1 aromatic rings. The minimum absolute atomic E-state index is 0.175. The maximum absolute atomic E-state index is 11.1. The molecule has 0 heterocycles. The van der Waals surface area contributed by atoms with E-state index in [0.29, 0.717) is 0 Å². The number of amides is 2. The van der Waals surface area contributed by atoms with Crippen LogP contribution in [0, 0.1) is 0 Å². The first-order valence-electron chi connectivity index (χ1n) is 3.82. The number of halogens is 2. The molecule has 15 heavy (non-hydrogen) atoms. The third kappa shape index (κ3) is 2.82. The van der Waals surface area contributed by atoms with E-state index in [1.807, 2.05) is 0 Å². The summed E-state index contributed by atoms with van der Waals surface area (Å²) < 4.78 is 0. The normalized spacial score (nSPS) is 9.53. The van der Waals surface area contributed by atoms with Crippen LogP contribution in [0.3, 0.4) is 0 Å². The van der Waals surface area contributed by atoms with Crippen LogP contribution in [-0.4, -0.2) is 11.8 Å². The van der Waals surface area contributed by atoms with Gasteiger partial charge in [0.15, 0.2) is 0 Å². The predicted octanol–water partition coefficient (Wildman–Crippen LogP) is 0.922. The maximum atomic E-state index is 11.1. The lowest BCUT2D eigenvalue weighted by molar-refractivity contribution is -0.136. The molecule has 0 unspecified atom stereocenters. The first kappa shape index (κ1) is 11.8. The summed E-state index contributed by atoms with van der Waals surface area (Å²) in [7, 11) is 0. The Labute approximate surface area is 95.5 Å². The van der Waals surface area contributed by atoms with E-state index in [1.54, 1.807) is 11.5 Å². The Morgan fingerprint density at radius 3 is 2.13 bits per heavy atom. The molecule has 0 aromatic heterocycles. The van der Waals surface area contributed by atoms with Gasteiger partial charge in [0.1, 0.15) is 0 Å². The van der Waals surface area contributed by atoms with Crippen LogP contribution in [0.1, 0.15) is 0 Å². The number of benzene rings is 1. The lowest BCUT2D eigenvalue weighted by Crippen LogP contribution is -2.39. The lowest BCUT2D eigenvalue weighted by Gasteiger charge is -2.07. The van der Waals surface area contributed by atoms with E-state index >= 15 is 0 Å². The van der Waals surface area contributed by atoms with Crippen molar-refractivity contribution in [3.63, 3.8) is 0 Å². The van der Waals surface area contributed by atoms with Gasteiger partial charge < -0.3 is 5.32 Å². The zero-order chi connectivity index (χ0) is 11.4. The first-order valence-corrected chi connectivity index (χ1v) is 4.57. The van der Waals surface area contributed by atoms with Crippen molar-refractivity contribution in [2.45, 2.75) is 0 Å². The van der Waals surface area contributed by atoms with E-state index in [0.717, 1.165) is 0 Å². The van der Waals surface area contributed by atoms with E-state index in [4.69, 9.17) is 29.0 Å². The fourth-order valence-corrected chi connectivity index (χ4v) is 1.35. The molecule has 7 heteroatoms. The predicted molar refractivity (Wildman–Crippen MR) is 57.4 cm³/mol. The zero-order valence-corrected chi connectivity index (χ0v) is 8.89. The number of anilines is 1. The van der Waals surface area contributed by atoms with Crippen LogP contribution in [-0.2, 0) is 9.59 Å². The molecule has 0 saturated heterocycles. The van der Waals surface area contributed by atoms with Gasteiger partial charge in [-0.05, 0) is 12.1 Å². The smallest absolute Gasteiger partial charge is 0.315 e. The van der Waals surface area contributed by atoms with Crippen molar-refractivity contribution in [1.82, 2.24) is 5.43 Å². The summed E-state index contributed by atoms with van der Waals surface area (Å²) in [5.41, 5.74) is 1.86. The first-order chi connectivity index (χ1) is 7.06. The molecule has 5 nitrogen and oxygen atoms in total. The second-order valence-corrected chi connectivity index (χ2v) is 3.34. The van der Waals surface area contributed by atoms with Crippen LogP contribution in [0.2, 0.25) is 10.0 Å². The number of hydrazine groups is 1. The van der Waals surface area contributed by atoms with Gasteiger partial charge in [-0.3, -0.25) is 15.0 Å². The highest BCUT2D eigenvalue weighted by Crippen LogP contribution is 2.29. The molecular weight excluding hydrogens is 241 g/mol. The molecule has 0 aliphatic rings. The number of hydrogen-bond acceptors (Lipinski definition) is 3. The van der Waals surface area contributed by atoms with Gasteiger partial charge >= 0.3 is 11.8 Å². The van der Waals surface area contributed by atoms with Gasteiger partial charge in [-0.25, -0.2) is 5.84 Å². The summed E-state index contributed by atoms with van der Waals surface area (Å²) in [6, 6.07) is 4.68. The van der Waals surface area contributed by atoms with Crippen molar-refractivity contribution < 1.29 is 9.59 Å². The highest BCUT2D eigenvalue weighted by molar-refractivity contribution is 6.44. The molecule has 0 atom stereocenters. The van der Waals surface area contributed by atoms with Crippen molar-refractivity contribution in [3.8, 4) is 0 Å². The number of carbonyl (C=O) groups is 2. The SMILES string of the molecule is NNC(=O)C(=O)Nc1c(Cl)cccc1Cl. The van der Waals surface area contributed by atoms with Crippen molar-refractivity contribution in [2.75, 3.05) is 5.32 Å². The van der Waals surface area contributed by atoms with Gasteiger partial charge in [0.05, 0.1) is 15.7 Å². The quantitative estimate of drug-likeness (QED) is 0.299. The monoisotopic (exact) mass is 247 g/mol. The number of para-hydroxylation sites is 1. The summed E-state index contributed by atoms with van der Waals surface area (Å²) >= 11 is 11.5.